The summed E-state index contributed by atoms with van der Waals surface area (Å²) in [5.74, 6) is -2.09. The molecule has 2 N–H and O–H groups in total. The molecule has 0 saturated carbocycles. The molecule has 0 spiro atoms. The summed E-state index contributed by atoms with van der Waals surface area (Å²) in [5, 5.41) is 11.8. The molecule has 0 aliphatic heterocycles. The molecule has 1 aromatic rings. The SMILES string of the molecule is CCN(CC)CCCC(C)Nc1nccc(C(=O)O)c1F. The molecule has 0 fully saturated rings. The van der Waals surface area contributed by atoms with E-state index in [4.69, 9.17) is 5.11 Å². The minimum atomic E-state index is -1.29. The lowest BCUT2D eigenvalue weighted by Gasteiger charge is -2.20. The van der Waals surface area contributed by atoms with Crippen molar-refractivity contribution in [2.75, 3.05) is 25.0 Å². The van der Waals surface area contributed by atoms with E-state index in [2.05, 4.69) is 29.0 Å². The Hall–Kier alpha value is -1.69. The van der Waals surface area contributed by atoms with Crippen molar-refractivity contribution in [3.63, 3.8) is 0 Å². The Bertz CT molecular complexity index is 464. The van der Waals surface area contributed by atoms with Crippen molar-refractivity contribution in [2.45, 2.75) is 39.7 Å². The van der Waals surface area contributed by atoms with Gasteiger partial charge in [0.15, 0.2) is 11.6 Å². The van der Waals surface area contributed by atoms with Crippen LogP contribution in [0.5, 0.6) is 0 Å². The number of anilines is 1. The Morgan fingerprint density at radius 3 is 2.71 bits per heavy atom. The van der Waals surface area contributed by atoms with Gasteiger partial charge in [-0.3, -0.25) is 0 Å². The Morgan fingerprint density at radius 1 is 1.48 bits per heavy atom. The summed E-state index contributed by atoms with van der Waals surface area (Å²) in [6.07, 6.45) is 3.17. The van der Waals surface area contributed by atoms with E-state index in [0.717, 1.165) is 38.5 Å². The van der Waals surface area contributed by atoms with Gasteiger partial charge in [-0.05, 0) is 45.5 Å². The molecule has 0 radical (unpaired) electrons. The number of nitrogens with one attached hydrogen (secondary N) is 1. The van der Waals surface area contributed by atoms with Gasteiger partial charge in [-0.1, -0.05) is 13.8 Å². The van der Waals surface area contributed by atoms with Crippen LogP contribution in [0, 0.1) is 5.82 Å². The van der Waals surface area contributed by atoms with E-state index in [0.29, 0.717) is 0 Å². The van der Waals surface area contributed by atoms with Gasteiger partial charge in [-0.2, -0.15) is 0 Å². The zero-order valence-corrected chi connectivity index (χ0v) is 12.9. The molecule has 0 aromatic carbocycles. The van der Waals surface area contributed by atoms with Gasteiger partial charge in [-0.25, -0.2) is 14.2 Å². The van der Waals surface area contributed by atoms with Gasteiger partial charge in [0.2, 0.25) is 0 Å². The highest BCUT2D eigenvalue weighted by molar-refractivity contribution is 5.88. The lowest BCUT2D eigenvalue weighted by molar-refractivity contribution is 0.0692. The van der Waals surface area contributed by atoms with Crippen LogP contribution in [-0.2, 0) is 0 Å². The Kier molecular flexibility index (Phi) is 7.08. The van der Waals surface area contributed by atoms with Crippen LogP contribution in [0.15, 0.2) is 12.3 Å². The molecule has 1 unspecified atom stereocenters. The van der Waals surface area contributed by atoms with E-state index >= 15 is 0 Å². The topological polar surface area (TPSA) is 65.5 Å². The number of carboxylic acid groups (broad SMARTS) is 1. The quantitative estimate of drug-likeness (QED) is 0.733. The van der Waals surface area contributed by atoms with Gasteiger partial charge in [0.05, 0.1) is 0 Å². The van der Waals surface area contributed by atoms with Gasteiger partial charge in [0.25, 0.3) is 0 Å². The zero-order valence-electron chi connectivity index (χ0n) is 12.9. The van der Waals surface area contributed by atoms with Crippen molar-refractivity contribution in [1.82, 2.24) is 9.88 Å². The molecule has 0 aliphatic rings. The van der Waals surface area contributed by atoms with Crippen molar-refractivity contribution in [2.24, 2.45) is 0 Å². The maximum absolute atomic E-state index is 13.9. The molecule has 0 aliphatic carbocycles. The molecular weight excluding hydrogens is 273 g/mol. The van der Waals surface area contributed by atoms with Crippen LogP contribution in [0.3, 0.4) is 0 Å². The highest BCUT2D eigenvalue weighted by Crippen LogP contribution is 2.17. The maximum atomic E-state index is 13.9. The van der Waals surface area contributed by atoms with E-state index in [1.54, 1.807) is 0 Å². The fraction of sp³-hybridized carbons (Fsp3) is 0.600. The standard InChI is InChI=1S/C15H24FN3O2/c1-4-19(5-2)10-6-7-11(3)18-14-13(16)12(15(20)21)8-9-17-14/h8-9,11H,4-7,10H2,1-3H3,(H,17,18)(H,20,21). The first-order valence-corrected chi connectivity index (χ1v) is 7.36. The lowest BCUT2D eigenvalue weighted by atomic mass is 10.1. The maximum Gasteiger partial charge on any atom is 0.338 e. The van der Waals surface area contributed by atoms with Gasteiger partial charge in [0.1, 0.15) is 5.56 Å². The second-order valence-electron chi connectivity index (χ2n) is 5.04. The number of aromatic nitrogens is 1. The van der Waals surface area contributed by atoms with Gasteiger partial charge in [-0.15, -0.1) is 0 Å². The monoisotopic (exact) mass is 297 g/mol. The van der Waals surface area contributed by atoms with Crippen LogP contribution >= 0.6 is 0 Å². The second kappa shape index (κ2) is 8.56. The number of aromatic carboxylic acids is 1. The third-order valence-corrected chi connectivity index (χ3v) is 3.51. The number of nitrogens with zero attached hydrogens (tertiary/aromatic N) is 2. The molecule has 6 heteroatoms. The van der Waals surface area contributed by atoms with Crippen molar-refractivity contribution in [3.05, 3.63) is 23.6 Å². The summed E-state index contributed by atoms with van der Waals surface area (Å²) in [6.45, 7) is 9.24. The first-order chi connectivity index (χ1) is 9.99. The largest absolute Gasteiger partial charge is 0.478 e. The van der Waals surface area contributed by atoms with E-state index < -0.39 is 11.8 Å². The molecule has 21 heavy (non-hydrogen) atoms. The number of halogens is 1. The van der Waals surface area contributed by atoms with Crippen molar-refractivity contribution in [1.29, 1.82) is 0 Å². The van der Waals surface area contributed by atoms with Crippen LogP contribution in [-0.4, -0.2) is 46.6 Å². The molecular formula is C15H24FN3O2. The average molecular weight is 297 g/mol. The first-order valence-electron chi connectivity index (χ1n) is 7.36. The molecule has 1 atom stereocenters. The van der Waals surface area contributed by atoms with Crippen molar-refractivity contribution >= 4 is 11.8 Å². The highest BCUT2D eigenvalue weighted by Gasteiger charge is 2.16. The second-order valence-corrected chi connectivity index (χ2v) is 5.04. The van der Waals surface area contributed by atoms with Gasteiger partial charge >= 0.3 is 5.97 Å². The van der Waals surface area contributed by atoms with Crippen LogP contribution in [0.25, 0.3) is 0 Å². The fourth-order valence-corrected chi connectivity index (χ4v) is 2.18. The summed E-state index contributed by atoms with van der Waals surface area (Å²) >= 11 is 0. The minimum absolute atomic E-state index is 0.00485. The van der Waals surface area contributed by atoms with Crippen molar-refractivity contribution < 1.29 is 14.3 Å². The first kappa shape index (κ1) is 17.4. The number of hydrogen-bond acceptors (Lipinski definition) is 4. The van der Waals surface area contributed by atoms with Crippen LogP contribution in [0.4, 0.5) is 10.2 Å². The van der Waals surface area contributed by atoms with E-state index in [1.807, 2.05) is 6.92 Å². The third-order valence-electron chi connectivity index (χ3n) is 3.51. The number of pyridine rings is 1. The van der Waals surface area contributed by atoms with Crippen LogP contribution in [0.1, 0.15) is 44.0 Å². The summed E-state index contributed by atoms with van der Waals surface area (Å²) in [4.78, 5) is 17.1. The fourth-order valence-electron chi connectivity index (χ4n) is 2.18. The van der Waals surface area contributed by atoms with E-state index in [1.165, 1.54) is 6.20 Å². The Balaban J connectivity index is 2.53. The Morgan fingerprint density at radius 2 is 2.14 bits per heavy atom. The molecule has 118 valence electrons. The summed E-state index contributed by atoms with van der Waals surface area (Å²) in [5.41, 5.74) is -0.358. The normalized spacial score (nSPS) is 12.4. The van der Waals surface area contributed by atoms with Gasteiger partial charge < -0.3 is 15.3 Å². The smallest absolute Gasteiger partial charge is 0.338 e. The zero-order chi connectivity index (χ0) is 15.8. The molecule has 0 bridgehead atoms. The minimum Gasteiger partial charge on any atom is -0.478 e. The third kappa shape index (κ3) is 5.30. The molecule has 1 aromatic heterocycles. The summed E-state index contributed by atoms with van der Waals surface area (Å²) in [6, 6.07) is 1.19. The van der Waals surface area contributed by atoms with Crippen LogP contribution in [0.2, 0.25) is 0 Å². The predicted octanol–water partition coefficient (Wildman–Crippen LogP) is 2.84. The molecule has 1 heterocycles. The molecule has 5 nitrogen and oxygen atoms in total. The van der Waals surface area contributed by atoms with Crippen LogP contribution < -0.4 is 5.32 Å². The van der Waals surface area contributed by atoms with E-state index in [9.17, 15) is 9.18 Å². The number of rotatable bonds is 9. The number of carboxylic acids is 1. The lowest BCUT2D eigenvalue weighted by Crippen LogP contribution is -2.26. The average Bonchev–Trinajstić information content (AvgIpc) is 2.45. The highest BCUT2D eigenvalue weighted by atomic mass is 19.1. The van der Waals surface area contributed by atoms with Gasteiger partial charge in [0, 0.05) is 12.2 Å². The molecule has 1 rings (SSSR count). The summed E-state index contributed by atoms with van der Waals surface area (Å²) in [7, 11) is 0. The number of carbonyl (C=O) groups is 1. The van der Waals surface area contributed by atoms with Crippen molar-refractivity contribution in [3.8, 4) is 0 Å². The molecule has 0 amide bonds. The molecule has 0 saturated heterocycles. The number of hydrogen-bond donors (Lipinski definition) is 2. The Labute approximate surface area is 125 Å². The van der Waals surface area contributed by atoms with E-state index in [-0.39, 0.29) is 17.4 Å². The predicted molar refractivity (Wildman–Crippen MR) is 81.3 cm³/mol. The summed E-state index contributed by atoms with van der Waals surface area (Å²) < 4.78 is 13.9.